The summed E-state index contributed by atoms with van der Waals surface area (Å²) in [6.07, 6.45) is 5.20. The summed E-state index contributed by atoms with van der Waals surface area (Å²) in [4.78, 5) is 28.3. The molecule has 2 aliphatic heterocycles. The predicted octanol–water partition coefficient (Wildman–Crippen LogP) is 1.46. The summed E-state index contributed by atoms with van der Waals surface area (Å²) in [5, 5.41) is 7.42. The number of carbonyl (C=O) groups excluding carboxylic acids is 2. The second kappa shape index (κ2) is 12.2. The quantitative estimate of drug-likeness (QED) is 0.283. The maximum Gasteiger partial charge on any atom is 0.342 e. The van der Waals surface area contributed by atoms with Crippen LogP contribution in [0.15, 0.2) is 30.5 Å². The molecule has 2 aromatic rings. The molecule has 38 heavy (non-hydrogen) atoms. The van der Waals surface area contributed by atoms with E-state index in [0.717, 1.165) is 28.0 Å². The van der Waals surface area contributed by atoms with E-state index in [2.05, 4.69) is 31.1 Å². The fourth-order valence-corrected chi connectivity index (χ4v) is 5.52. The molecule has 0 aliphatic carbocycles. The minimum Gasteiger partial charge on any atom is -1.00 e. The van der Waals surface area contributed by atoms with E-state index in [1.54, 1.807) is 37.1 Å². The van der Waals surface area contributed by atoms with Crippen molar-refractivity contribution in [3.8, 4) is 5.75 Å². The zero-order chi connectivity index (χ0) is 26.8. The van der Waals surface area contributed by atoms with E-state index in [0.29, 0.717) is 24.4 Å². The number of aromatic nitrogens is 2. The van der Waals surface area contributed by atoms with E-state index >= 15 is 0 Å². The zero-order valence-corrected chi connectivity index (χ0v) is 25.6. The number of likely N-dealkylation sites (N-methyl/N-ethyl adjacent to an activating group) is 1. The van der Waals surface area contributed by atoms with Crippen molar-refractivity contribution in [1.29, 1.82) is 0 Å². The highest BCUT2D eigenvalue weighted by molar-refractivity contribution is 6.17. The van der Waals surface area contributed by atoms with Gasteiger partial charge in [-0.1, -0.05) is 13.8 Å². The Hall–Kier alpha value is -2.40. The molecule has 1 N–H and O–H groups in total. The Morgan fingerprint density at radius 3 is 2.42 bits per heavy atom. The second-order valence-corrected chi connectivity index (χ2v) is 11.6. The number of amides is 1. The fraction of sp³-hybridized carbons (Fsp3) is 0.552. The largest absolute Gasteiger partial charge is 1.00 e. The molecule has 3 heterocycles. The first-order valence-electron chi connectivity index (χ1n) is 13.4. The number of ether oxygens (including phenoxy) is 2. The van der Waals surface area contributed by atoms with Gasteiger partial charge in [0.25, 0.3) is 5.91 Å². The molecule has 1 aromatic carbocycles. The molecule has 9 heteroatoms. The van der Waals surface area contributed by atoms with Crippen molar-refractivity contribution in [2.45, 2.75) is 65.4 Å². The maximum atomic E-state index is 13.6. The first kappa shape index (κ1) is 30.1. The van der Waals surface area contributed by atoms with Crippen LogP contribution in [-0.4, -0.2) is 77.4 Å². The predicted molar refractivity (Wildman–Crippen MR) is 143 cm³/mol. The lowest BCUT2D eigenvalue weighted by Crippen LogP contribution is -3.00. The number of rotatable bonds is 7. The molecule has 2 aliphatic rings. The van der Waals surface area contributed by atoms with Crippen LogP contribution >= 0.6 is 0 Å². The molecule has 0 unspecified atom stereocenters. The van der Waals surface area contributed by atoms with Gasteiger partial charge in [-0.25, -0.2) is 4.79 Å². The lowest BCUT2D eigenvalue weighted by atomic mass is 9.82. The van der Waals surface area contributed by atoms with Crippen molar-refractivity contribution in [1.82, 2.24) is 15.1 Å². The highest BCUT2D eigenvalue weighted by Crippen LogP contribution is 2.37. The van der Waals surface area contributed by atoms with Crippen LogP contribution in [0, 0.1) is 6.92 Å². The molecular formula is C29H41IN4O4. The van der Waals surface area contributed by atoms with Crippen LogP contribution in [0.3, 0.4) is 0 Å². The lowest BCUT2D eigenvalue weighted by Gasteiger charge is -2.37. The maximum absolute atomic E-state index is 13.6. The first-order valence-corrected chi connectivity index (χ1v) is 13.4. The number of benzene rings is 1. The number of H-pyrrole nitrogens is 1. The molecule has 1 saturated heterocycles. The van der Waals surface area contributed by atoms with Gasteiger partial charge in [0, 0.05) is 35.0 Å². The number of nitrogens with one attached hydrogen (secondary N) is 1. The Morgan fingerprint density at radius 2 is 1.79 bits per heavy atom. The Kier molecular flexibility index (Phi) is 9.67. The van der Waals surface area contributed by atoms with Gasteiger partial charge in [0.15, 0.2) is 0 Å². The molecule has 4 rings (SSSR count). The molecule has 0 atom stereocenters. The number of quaternary nitrogens is 1. The smallest absolute Gasteiger partial charge is 0.342 e. The summed E-state index contributed by atoms with van der Waals surface area (Å²) < 4.78 is 12.6. The Morgan fingerprint density at radius 1 is 1.13 bits per heavy atom. The summed E-state index contributed by atoms with van der Waals surface area (Å²) >= 11 is 0. The number of nitrogens with zero attached hydrogens (tertiary/aromatic N) is 3. The van der Waals surface area contributed by atoms with Gasteiger partial charge < -0.3 is 42.8 Å². The van der Waals surface area contributed by atoms with Gasteiger partial charge in [0.2, 0.25) is 0 Å². The summed E-state index contributed by atoms with van der Waals surface area (Å²) in [7, 11) is 2.30. The van der Waals surface area contributed by atoms with Crippen LogP contribution in [0.2, 0.25) is 0 Å². The van der Waals surface area contributed by atoms with E-state index < -0.39 is 11.4 Å². The number of hydrogen-bond acceptors (Lipinski definition) is 5. The molecule has 0 saturated carbocycles. The molecule has 1 aromatic heterocycles. The molecule has 0 spiro atoms. The topological polar surface area (TPSA) is 84.5 Å². The third kappa shape index (κ3) is 6.77. The van der Waals surface area contributed by atoms with E-state index in [9.17, 15) is 9.59 Å². The van der Waals surface area contributed by atoms with Crippen molar-refractivity contribution in [2.24, 2.45) is 0 Å². The molecule has 0 radical (unpaired) electrons. The monoisotopic (exact) mass is 636 g/mol. The van der Waals surface area contributed by atoms with Crippen LogP contribution in [0.5, 0.6) is 5.75 Å². The van der Waals surface area contributed by atoms with Crippen LogP contribution in [0.1, 0.15) is 74.3 Å². The van der Waals surface area contributed by atoms with E-state index in [1.165, 1.54) is 32.4 Å². The molecule has 1 fully saturated rings. The van der Waals surface area contributed by atoms with Crippen molar-refractivity contribution in [3.05, 3.63) is 53.0 Å². The number of aryl methyl sites for hydroxylation is 1. The van der Waals surface area contributed by atoms with E-state index in [4.69, 9.17) is 9.47 Å². The number of esters is 1. The third-order valence-electron chi connectivity index (χ3n) is 7.45. The zero-order valence-electron chi connectivity index (χ0n) is 23.5. The SMILES string of the molecule is Cc1[nH]nc2c1C(C)(C)CN(C(=O)c1ccc(OCC[N+]3(C)CCCCC3)cc1)C=C2C(=O)OC(C)C.[I-]. The minimum absolute atomic E-state index is 0. The van der Waals surface area contributed by atoms with Gasteiger partial charge in [-0.2, -0.15) is 5.10 Å². The van der Waals surface area contributed by atoms with Crippen LogP contribution in [0.25, 0.3) is 5.57 Å². The van der Waals surface area contributed by atoms with Crippen molar-refractivity contribution >= 4 is 17.4 Å². The van der Waals surface area contributed by atoms with Gasteiger partial charge in [0.05, 0.1) is 26.2 Å². The summed E-state index contributed by atoms with van der Waals surface area (Å²) in [5.41, 5.74) is 2.71. The van der Waals surface area contributed by atoms with Crippen molar-refractivity contribution in [3.63, 3.8) is 0 Å². The first-order chi connectivity index (χ1) is 17.5. The number of halogens is 1. The number of hydrogen-bond donors (Lipinski definition) is 1. The molecule has 1 amide bonds. The Balaban J connectivity index is 0.00000400. The van der Waals surface area contributed by atoms with Gasteiger partial charge >= 0.3 is 5.97 Å². The van der Waals surface area contributed by atoms with Crippen LogP contribution < -0.4 is 28.7 Å². The molecule has 208 valence electrons. The van der Waals surface area contributed by atoms with Gasteiger partial charge in [0.1, 0.15) is 30.2 Å². The number of likely N-dealkylation sites (tertiary alicyclic amines) is 1. The average molecular weight is 637 g/mol. The second-order valence-electron chi connectivity index (χ2n) is 11.6. The molecule has 8 nitrogen and oxygen atoms in total. The van der Waals surface area contributed by atoms with Crippen LogP contribution in [0.4, 0.5) is 0 Å². The highest BCUT2D eigenvalue weighted by Gasteiger charge is 2.38. The Labute approximate surface area is 243 Å². The van der Waals surface area contributed by atoms with Crippen molar-refractivity contribution < 1.29 is 47.5 Å². The van der Waals surface area contributed by atoms with Gasteiger partial charge in [-0.15, -0.1) is 0 Å². The third-order valence-corrected chi connectivity index (χ3v) is 7.45. The lowest BCUT2D eigenvalue weighted by molar-refractivity contribution is -0.914. The average Bonchev–Trinajstić information content (AvgIpc) is 3.17. The van der Waals surface area contributed by atoms with Crippen LogP contribution in [-0.2, 0) is 14.9 Å². The summed E-state index contributed by atoms with van der Waals surface area (Å²) in [6.45, 7) is 14.1. The van der Waals surface area contributed by atoms with Gasteiger partial charge in [-0.05, 0) is 64.3 Å². The van der Waals surface area contributed by atoms with E-state index in [1.807, 2.05) is 19.1 Å². The number of fused-ring (bicyclic) bond motifs is 1. The van der Waals surface area contributed by atoms with Gasteiger partial charge in [-0.3, -0.25) is 9.89 Å². The normalized spacial score (nSPS) is 18.1. The van der Waals surface area contributed by atoms with Crippen molar-refractivity contribution in [2.75, 3.05) is 39.8 Å². The fourth-order valence-electron chi connectivity index (χ4n) is 5.52. The molecule has 0 bridgehead atoms. The minimum atomic E-state index is -0.493. The summed E-state index contributed by atoms with van der Waals surface area (Å²) in [6, 6.07) is 7.27. The number of aromatic amines is 1. The highest BCUT2D eigenvalue weighted by atomic mass is 127. The number of piperidine rings is 1. The van der Waals surface area contributed by atoms with E-state index in [-0.39, 0.29) is 41.6 Å². The number of carbonyl (C=O) groups is 2. The standard InChI is InChI=1S/C29H41N4O4.HI/c1-20(2)37-28(35)24-18-32(19-29(4,5)25-21(3)30-31-26(24)25)27(34)22-10-12-23(13-11-22)36-17-16-33(6)14-8-7-9-15-33;/h10-13,18,20H,7-9,14-17,19H2,1-6H3,(H,30,31);1H/q+1;/p-1. The molecular weight excluding hydrogens is 595 g/mol. The Bertz CT molecular complexity index is 1160. The summed E-state index contributed by atoms with van der Waals surface area (Å²) in [5.74, 6) is 0.0727.